The molecule has 0 atom stereocenters. The molecule has 0 aliphatic rings. The molecule has 0 saturated heterocycles. The normalized spacial score (nSPS) is 11.1. The first-order valence-electron chi connectivity index (χ1n) is 10.6. The number of benzene rings is 2. The number of aromatic amines is 1. The van der Waals surface area contributed by atoms with Crippen molar-refractivity contribution < 1.29 is 4.74 Å². The summed E-state index contributed by atoms with van der Waals surface area (Å²) in [5, 5.41) is 11.5. The molecular weight excluding hydrogens is 430 g/mol. The number of aromatic nitrogens is 4. The van der Waals surface area contributed by atoms with E-state index in [-0.39, 0.29) is 16.6 Å². The fraction of sp³-hybridized carbons (Fsp3) is 0.154. The molecular formula is C26H21N5O3. The number of nitriles is 1. The molecule has 5 rings (SSSR count). The molecule has 5 aromatic rings. The molecule has 3 aromatic heterocycles. The summed E-state index contributed by atoms with van der Waals surface area (Å²) in [6.45, 7) is 1.91. The number of hydrogen-bond donors (Lipinski definition) is 1. The van der Waals surface area contributed by atoms with Crippen LogP contribution in [0.25, 0.3) is 44.3 Å². The van der Waals surface area contributed by atoms with Crippen LogP contribution in [-0.4, -0.2) is 26.2 Å². The molecule has 0 spiro atoms. The van der Waals surface area contributed by atoms with Gasteiger partial charge >= 0.3 is 5.69 Å². The summed E-state index contributed by atoms with van der Waals surface area (Å²) in [5.74, 6) is 0.581. The lowest BCUT2D eigenvalue weighted by atomic mass is 9.93. The second-order valence-corrected chi connectivity index (χ2v) is 8.13. The van der Waals surface area contributed by atoms with Gasteiger partial charge in [-0.1, -0.05) is 30.3 Å². The third kappa shape index (κ3) is 2.94. The SMILES string of the molecule is COc1cccc(-c2c(C#N)c(-c3c(C)[nH]c4ccccc34)nc3c2c(=O)n(C)c(=O)n3C)c1. The van der Waals surface area contributed by atoms with Gasteiger partial charge in [0.25, 0.3) is 5.56 Å². The molecule has 0 unspecified atom stereocenters. The Labute approximate surface area is 194 Å². The predicted molar refractivity (Wildman–Crippen MR) is 131 cm³/mol. The number of ether oxygens (including phenoxy) is 1. The monoisotopic (exact) mass is 451 g/mol. The second-order valence-electron chi connectivity index (χ2n) is 8.13. The Morgan fingerprint density at radius 2 is 1.79 bits per heavy atom. The number of hydrogen-bond acceptors (Lipinski definition) is 5. The van der Waals surface area contributed by atoms with Crippen molar-refractivity contribution in [2.75, 3.05) is 7.11 Å². The van der Waals surface area contributed by atoms with Crippen molar-refractivity contribution in [1.82, 2.24) is 19.1 Å². The third-order valence-electron chi connectivity index (χ3n) is 6.19. The fourth-order valence-corrected chi connectivity index (χ4v) is 4.53. The highest BCUT2D eigenvalue weighted by Crippen LogP contribution is 2.39. The molecule has 0 aliphatic heterocycles. The van der Waals surface area contributed by atoms with E-state index in [1.807, 2.05) is 37.3 Å². The minimum absolute atomic E-state index is 0.204. The molecule has 0 fully saturated rings. The van der Waals surface area contributed by atoms with Gasteiger partial charge in [0.15, 0.2) is 5.65 Å². The first kappa shape index (κ1) is 21.2. The molecule has 8 nitrogen and oxygen atoms in total. The maximum atomic E-state index is 13.4. The smallest absolute Gasteiger partial charge is 0.332 e. The zero-order valence-corrected chi connectivity index (χ0v) is 19.1. The molecule has 0 saturated carbocycles. The quantitative estimate of drug-likeness (QED) is 0.451. The zero-order valence-electron chi connectivity index (χ0n) is 19.1. The Morgan fingerprint density at radius 3 is 2.53 bits per heavy atom. The van der Waals surface area contributed by atoms with E-state index < -0.39 is 11.2 Å². The van der Waals surface area contributed by atoms with Crippen LogP contribution >= 0.6 is 0 Å². The van der Waals surface area contributed by atoms with E-state index in [2.05, 4.69) is 11.1 Å². The van der Waals surface area contributed by atoms with Crippen molar-refractivity contribution >= 4 is 21.9 Å². The van der Waals surface area contributed by atoms with Crippen LogP contribution in [0.1, 0.15) is 11.3 Å². The largest absolute Gasteiger partial charge is 0.497 e. The van der Waals surface area contributed by atoms with Crippen molar-refractivity contribution in [1.29, 1.82) is 5.26 Å². The van der Waals surface area contributed by atoms with E-state index in [0.717, 1.165) is 26.7 Å². The predicted octanol–water partition coefficient (Wildman–Crippen LogP) is 3.64. The fourth-order valence-electron chi connectivity index (χ4n) is 4.53. The van der Waals surface area contributed by atoms with Gasteiger partial charge in [0, 0.05) is 41.8 Å². The number of H-pyrrole nitrogens is 1. The number of para-hydroxylation sites is 1. The Morgan fingerprint density at radius 1 is 1.03 bits per heavy atom. The number of aryl methyl sites for hydroxylation is 2. The van der Waals surface area contributed by atoms with Gasteiger partial charge in [0.2, 0.25) is 0 Å². The molecule has 3 heterocycles. The standard InChI is InChI=1S/C26H21N5O3/c1-14-20(17-10-5-6-11-19(17)28-14)23-18(13-27)21(15-8-7-9-16(12-15)34-4)22-24(29-23)30(2)26(33)31(3)25(22)32/h5-12,28H,1-4H3. The molecule has 34 heavy (non-hydrogen) atoms. The number of fused-ring (bicyclic) bond motifs is 2. The van der Waals surface area contributed by atoms with E-state index in [0.29, 0.717) is 22.6 Å². The van der Waals surface area contributed by atoms with Crippen LogP contribution in [0.5, 0.6) is 5.75 Å². The summed E-state index contributed by atoms with van der Waals surface area (Å²) < 4.78 is 7.77. The average molecular weight is 451 g/mol. The van der Waals surface area contributed by atoms with Crippen LogP contribution in [0.4, 0.5) is 0 Å². The number of nitrogens with zero attached hydrogens (tertiary/aromatic N) is 4. The van der Waals surface area contributed by atoms with Crippen molar-refractivity contribution in [3.05, 3.63) is 80.6 Å². The van der Waals surface area contributed by atoms with E-state index >= 15 is 0 Å². The van der Waals surface area contributed by atoms with Gasteiger partial charge in [-0.05, 0) is 30.7 Å². The van der Waals surface area contributed by atoms with Crippen LogP contribution in [-0.2, 0) is 14.1 Å². The highest BCUT2D eigenvalue weighted by atomic mass is 16.5. The lowest BCUT2D eigenvalue weighted by Crippen LogP contribution is -2.37. The van der Waals surface area contributed by atoms with Gasteiger partial charge in [-0.3, -0.25) is 13.9 Å². The van der Waals surface area contributed by atoms with Crippen LogP contribution in [0.15, 0.2) is 58.1 Å². The highest BCUT2D eigenvalue weighted by molar-refractivity contribution is 6.04. The first-order chi connectivity index (χ1) is 16.4. The van der Waals surface area contributed by atoms with Gasteiger partial charge in [0.05, 0.1) is 23.8 Å². The van der Waals surface area contributed by atoms with Crippen molar-refractivity contribution in [3.8, 4) is 34.2 Å². The summed E-state index contributed by atoms with van der Waals surface area (Å²) >= 11 is 0. The Kier molecular flexibility index (Phi) is 4.83. The lowest BCUT2D eigenvalue weighted by molar-refractivity contribution is 0.415. The van der Waals surface area contributed by atoms with E-state index in [1.165, 1.54) is 11.6 Å². The minimum atomic E-state index is -0.512. The summed E-state index contributed by atoms with van der Waals surface area (Å²) in [5.41, 5.74) is 3.40. The van der Waals surface area contributed by atoms with E-state index in [9.17, 15) is 14.9 Å². The topological polar surface area (TPSA) is 106 Å². The van der Waals surface area contributed by atoms with E-state index in [1.54, 1.807) is 32.4 Å². The molecule has 0 bridgehead atoms. The summed E-state index contributed by atoms with van der Waals surface area (Å²) in [4.78, 5) is 34.2. The number of rotatable bonds is 3. The Bertz CT molecular complexity index is 1780. The third-order valence-corrected chi connectivity index (χ3v) is 6.19. The van der Waals surface area contributed by atoms with E-state index in [4.69, 9.17) is 9.72 Å². The van der Waals surface area contributed by atoms with Gasteiger partial charge in [-0.15, -0.1) is 0 Å². The van der Waals surface area contributed by atoms with Crippen LogP contribution in [0.3, 0.4) is 0 Å². The molecule has 168 valence electrons. The Hall–Kier alpha value is -4.64. The molecule has 0 radical (unpaired) electrons. The summed E-state index contributed by atoms with van der Waals surface area (Å²) in [6, 6.07) is 17.2. The van der Waals surface area contributed by atoms with Gasteiger partial charge < -0.3 is 9.72 Å². The second kappa shape index (κ2) is 7.74. The molecule has 1 N–H and O–H groups in total. The van der Waals surface area contributed by atoms with Crippen molar-refractivity contribution in [2.24, 2.45) is 14.1 Å². The first-order valence-corrected chi connectivity index (χ1v) is 10.6. The van der Waals surface area contributed by atoms with Gasteiger partial charge in [-0.25, -0.2) is 9.78 Å². The molecule has 0 aliphatic carbocycles. The lowest BCUT2D eigenvalue weighted by Gasteiger charge is -2.16. The van der Waals surface area contributed by atoms with Crippen molar-refractivity contribution in [3.63, 3.8) is 0 Å². The number of nitrogens with one attached hydrogen (secondary N) is 1. The van der Waals surface area contributed by atoms with Gasteiger partial charge in [0.1, 0.15) is 11.8 Å². The summed E-state index contributed by atoms with van der Waals surface area (Å²) in [7, 11) is 4.55. The highest BCUT2D eigenvalue weighted by Gasteiger charge is 2.25. The summed E-state index contributed by atoms with van der Waals surface area (Å²) in [6.07, 6.45) is 0. The average Bonchev–Trinajstić information content (AvgIpc) is 3.20. The molecule has 0 amide bonds. The number of methoxy groups -OCH3 is 1. The number of pyridine rings is 1. The van der Waals surface area contributed by atoms with Crippen molar-refractivity contribution in [2.45, 2.75) is 6.92 Å². The van der Waals surface area contributed by atoms with Gasteiger partial charge in [-0.2, -0.15) is 5.26 Å². The minimum Gasteiger partial charge on any atom is -0.497 e. The van der Waals surface area contributed by atoms with Crippen LogP contribution in [0.2, 0.25) is 0 Å². The van der Waals surface area contributed by atoms with Crippen LogP contribution in [0, 0.1) is 18.3 Å². The van der Waals surface area contributed by atoms with Crippen LogP contribution < -0.4 is 16.0 Å². The Balaban J connectivity index is 2.06. The zero-order chi connectivity index (χ0) is 24.1. The maximum absolute atomic E-state index is 13.4. The molecule has 2 aromatic carbocycles. The maximum Gasteiger partial charge on any atom is 0.332 e. The molecule has 8 heteroatoms.